The molecule has 180 valence electrons. The van der Waals surface area contributed by atoms with Crippen LogP contribution in [0.4, 0.5) is 0 Å². The summed E-state index contributed by atoms with van der Waals surface area (Å²) in [7, 11) is 0. The average Bonchev–Trinajstić information content (AvgIpc) is 3.30. The number of ether oxygens (including phenoxy) is 1. The number of nitrogens with one attached hydrogen (secondary N) is 1. The third-order valence-electron chi connectivity index (χ3n) is 5.80. The van der Waals surface area contributed by atoms with E-state index in [2.05, 4.69) is 40.2 Å². The summed E-state index contributed by atoms with van der Waals surface area (Å²) < 4.78 is 7.81. The Kier molecular flexibility index (Phi) is 9.45. The fourth-order valence-electron chi connectivity index (χ4n) is 3.75. The summed E-state index contributed by atoms with van der Waals surface area (Å²) in [5, 5.41) is 7.57. The zero-order valence-electron chi connectivity index (χ0n) is 20.0. The molecule has 1 heterocycles. The molecular formula is C27H32BrN3O3. The first-order valence-corrected chi connectivity index (χ1v) is 12.7. The second kappa shape index (κ2) is 12.5. The fraction of sp³-hybridized carbons (Fsp3) is 0.370. The molecule has 34 heavy (non-hydrogen) atoms. The van der Waals surface area contributed by atoms with Gasteiger partial charge in [0.15, 0.2) is 5.69 Å². The molecule has 0 aliphatic heterocycles. The van der Waals surface area contributed by atoms with Crippen molar-refractivity contribution in [2.24, 2.45) is 5.92 Å². The van der Waals surface area contributed by atoms with Gasteiger partial charge >= 0.3 is 5.97 Å². The van der Waals surface area contributed by atoms with E-state index in [1.54, 1.807) is 29.8 Å². The minimum Gasteiger partial charge on any atom is -0.461 e. The molecule has 0 spiro atoms. The van der Waals surface area contributed by atoms with Gasteiger partial charge in [0.25, 0.3) is 5.91 Å². The van der Waals surface area contributed by atoms with E-state index >= 15 is 0 Å². The monoisotopic (exact) mass is 525 g/mol. The first-order valence-electron chi connectivity index (χ1n) is 11.9. The molecule has 1 amide bonds. The SMILES string of the molecule is CCCC[C@@H](CC)CNC(=O)c1ccc(-n2nc(C(=O)OCC)cc2-c2ccc(Br)cc2)cc1. The summed E-state index contributed by atoms with van der Waals surface area (Å²) in [5.74, 6) is -0.0477. The van der Waals surface area contributed by atoms with Crippen LogP contribution in [0.1, 0.15) is 67.3 Å². The van der Waals surface area contributed by atoms with Crippen LogP contribution in [0.25, 0.3) is 16.9 Å². The largest absolute Gasteiger partial charge is 0.461 e. The van der Waals surface area contributed by atoms with Crippen molar-refractivity contribution in [2.45, 2.75) is 46.5 Å². The van der Waals surface area contributed by atoms with Crippen molar-refractivity contribution >= 4 is 27.8 Å². The highest BCUT2D eigenvalue weighted by molar-refractivity contribution is 9.10. The van der Waals surface area contributed by atoms with Crippen molar-refractivity contribution in [1.82, 2.24) is 15.1 Å². The van der Waals surface area contributed by atoms with Gasteiger partial charge in [0, 0.05) is 22.1 Å². The van der Waals surface area contributed by atoms with Gasteiger partial charge in [-0.3, -0.25) is 4.79 Å². The zero-order chi connectivity index (χ0) is 24.5. The van der Waals surface area contributed by atoms with Crippen molar-refractivity contribution in [3.8, 4) is 16.9 Å². The number of carbonyl (C=O) groups excluding carboxylic acids is 2. The van der Waals surface area contributed by atoms with Crippen LogP contribution in [-0.4, -0.2) is 34.8 Å². The van der Waals surface area contributed by atoms with Crippen molar-refractivity contribution in [2.75, 3.05) is 13.2 Å². The molecule has 1 aromatic heterocycles. The second-order valence-corrected chi connectivity index (χ2v) is 9.14. The number of aromatic nitrogens is 2. The Hall–Kier alpha value is -2.93. The highest BCUT2D eigenvalue weighted by atomic mass is 79.9. The van der Waals surface area contributed by atoms with E-state index in [1.807, 2.05) is 36.4 Å². The number of benzene rings is 2. The summed E-state index contributed by atoms with van der Waals surface area (Å²) in [6.07, 6.45) is 4.54. The van der Waals surface area contributed by atoms with Crippen molar-refractivity contribution < 1.29 is 14.3 Å². The number of nitrogens with zero attached hydrogens (tertiary/aromatic N) is 2. The summed E-state index contributed by atoms with van der Waals surface area (Å²) in [5.41, 5.74) is 3.25. The number of hydrogen-bond acceptors (Lipinski definition) is 4. The molecule has 6 nitrogen and oxygen atoms in total. The molecule has 0 saturated carbocycles. The minimum atomic E-state index is -0.468. The van der Waals surface area contributed by atoms with Crippen molar-refractivity contribution in [3.63, 3.8) is 0 Å². The molecule has 2 aromatic carbocycles. The van der Waals surface area contributed by atoms with Gasteiger partial charge in [0.2, 0.25) is 0 Å². The maximum atomic E-state index is 12.7. The number of carbonyl (C=O) groups is 2. The molecule has 0 bridgehead atoms. The predicted molar refractivity (Wildman–Crippen MR) is 138 cm³/mol. The highest BCUT2D eigenvalue weighted by Gasteiger charge is 2.18. The molecule has 3 rings (SSSR count). The Morgan fingerprint density at radius 2 is 1.76 bits per heavy atom. The van der Waals surface area contributed by atoms with Crippen LogP contribution in [0.2, 0.25) is 0 Å². The zero-order valence-corrected chi connectivity index (χ0v) is 21.6. The van der Waals surface area contributed by atoms with E-state index in [1.165, 1.54) is 12.8 Å². The predicted octanol–water partition coefficient (Wildman–Crippen LogP) is 6.42. The fourth-order valence-corrected chi connectivity index (χ4v) is 4.01. The van der Waals surface area contributed by atoms with Crippen LogP contribution in [-0.2, 0) is 4.74 Å². The van der Waals surface area contributed by atoms with E-state index in [9.17, 15) is 9.59 Å². The van der Waals surface area contributed by atoms with Gasteiger partial charge in [-0.15, -0.1) is 0 Å². The first kappa shape index (κ1) is 25.7. The maximum absolute atomic E-state index is 12.7. The van der Waals surface area contributed by atoms with Gasteiger partial charge in [-0.25, -0.2) is 9.48 Å². The first-order chi connectivity index (χ1) is 16.5. The van der Waals surface area contributed by atoms with Crippen LogP contribution in [0.5, 0.6) is 0 Å². The molecule has 0 radical (unpaired) electrons. The van der Waals surface area contributed by atoms with Gasteiger partial charge in [-0.1, -0.05) is 61.2 Å². The maximum Gasteiger partial charge on any atom is 0.358 e. The Morgan fingerprint density at radius 1 is 1.06 bits per heavy atom. The van der Waals surface area contributed by atoms with E-state index in [-0.39, 0.29) is 18.2 Å². The number of halogens is 1. The average molecular weight is 526 g/mol. The Labute approximate surface area is 209 Å². The molecule has 7 heteroatoms. The van der Waals surface area contributed by atoms with E-state index in [4.69, 9.17) is 4.74 Å². The van der Waals surface area contributed by atoms with E-state index < -0.39 is 5.97 Å². The summed E-state index contributed by atoms with van der Waals surface area (Å²) in [6, 6.07) is 16.8. The molecule has 0 unspecified atom stereocenters. The van der Waals surface area contributed by atoms with Gasteiger partial charge in [-0.05, 0) is 61.7 Å². The molecule has 1 atom stereocenters. The normalized spacial score (nSPS) is 11.8. The molecule has 0 aliphatic rings. The molecule has 3 aromatic rings. The van der Waals surface area contributed by atoms with Crippen molar-refractivity contribution in [1.29, 1.82) is 0 Å². The molecule has 1 N–H and O–H groups in total. The van der Waals surface area contributed by atoms with Crippen LogP contribution >= 0.6 is 15.9 Å². The smallest absolute Gasteiger partial charge is 0.358 e. The molecular weight excluding hydrogens is 494 g/mol. The van der Waals surface area contributed by atoms with Gasteiger partial charge < -0.3 is 10.1 Å². The lowest BCUT2D eigenvalue weighted by atomic mass is 9.99. The lowest BCUT2D eigenvalue weighted by Gasteiger charge is -2.15. The van der Waals surface area contributed by atoms with Gasteiger partial charge in [0.05, 0.1) is 18.0 Å². The summed E-state index contributed by atoms with van der Waals surface area (Å²) in [4.78, 5) is 25.0. The number of hydrogen-bond donors (Lipinski definition) is 1. The number of amides is 1. The molecule has 0 aliphatic carbocycles. The quantitative estimate of drug-likeness (QED) is 0.293. The highest BCUT2D eigenvalue weighted by Crippen LogP contribution is 2.26. The summed E-state index contributed by atoms with van der Waals surface area (Å²) in [6.45, 7) is 7.08. The Balaban J connectivity index is 1.83. The minimum absolute atomic E-state index is 0.0812. The van der Waals surface area contributed by atoms with Crippen LogP contribution in [0.3, 0.4) is 0 Å². The van der Waals surface area contributed by atoms with Crippen LogP contribution in [0, 0.1) is 5.92 Å². The third-order valence-corrected chi connectivity index (χ3v) is 6.33. The van der Waals surface area contributed by atoms with E-state index in [0.717, 1.165) is 34.3 Å². The van der Waals surface area contributed by atoms with Crippen LogP contribution < -0.4 is 5.32 Å². The van der Waals surface area contributed by atoms with Crippen LogP contribution in [0.15, 0.2) is 59.1 Å². The van der Waals surface area contributed by atoms with E-state index in [0.29, 0.717) is 18.0 Å². The number of esters is 1. The molecule has 0 saturated heterocycles. The molecule has 0 fully saturated rings. The van der Waals surface area contributed by atoms with Crippen molar-refractivity contribution in [3.05, 3.63) is 70.3 Å². The topological polar surface area (TPSA) is 73.2 Å². The standard InChI is InChI=1S/C27H32BrN3O3/c1-4-7-8-19(5-2)18-29-26(32)21-11-15-23(16-12-21)31-25(20-9-13-22(28)14-10-20)17-24(30-31)27(33)34-6-3/h9-17,19H,4-8,18H2,1-3H3,(H,29,32)/t19-/m1/s1. The Bertz CT molecular complexity index is 1090. The Morgan fingerprint density at radius 3 is 2.38 bits per heavy atom. The van der Waals surface area contributed by atoms with Gasteiger partial charge in [-0.2, -0.15) is 5.10 Å². The number of unbranched alkanes of at least 4 members (excludes halogenated alkanes) is 1. The second-order valence-electron chi connectivity index (χ2n) is 8.23. The van der Waals surface area contributed by atoms with Gasteiger partial charge in [0.1, 0.15) is 0 Å². The lowest BCUT2D eigenvalue weighted by molar-refractivity contribution is 0.0518. The third kappa shape index (κ3) is 6.56. The summed E-state index contributed by atoms with van der Waals surface area (Å²) >= 11 is 3.46. The lowest BCUT2D eigenvalue weighted by Crippen LogP contribution is -2.29. The number of rotatable bonds is 11.